The summed E-state index contributed by atoms with van der Waals surface area (Å²) in [4.78, 5) is 21.0. The minimum Gasteiger partial charge on any atom is -0.349 e. The number of amides is 1. The molecule has 2 rings (SSSR count). The smallest absolute Gasteiger partial charge is 0.229 e. The van der Waals surface area contributed by atoms with Gasteiger partial charge < -0.3 is 14.7 Å². The molecule has 0 aliphatic carbocycles. The zero-order chi connectivity index (χ0) is 16.8. The normalized spacial score (nSPS) is 18.3. The zero-order valence-corrected chi connectivity index (χ0v) is 14.7. The van der Waals surface area contributed by atoms with E-state index in [0.29, 0.717) is 30.7 Å². The second-order valence-electron chi connectivity index (χ2n) is 6.71. The lowest BCUT2D eigenvalue weighted by Crippen LogP contribution is -2.48. The Labute approximate surface area is 138 Å². The lowest BCUT2D eigenvalue weighted by Gasteiger charge is -2.36. The molecule has 1 aliphatic heterocycles. The lowest BCUT2D eigenvalue weighted by molar-refractivity contribution is -0.121. The fourth-order valence-corrected chi connectivity index (χ4v) is 2.63. The van der Waals surface area contributed by atoms with Crippen LogP contribution in [0.3, 0.4) is 0 Å². The maximum atomic E-state index is 12.0. The van der Waals surface area contributed by atoms with Gasteiger partial charge in [0.2, 0.25) is 11.8 Å². The molecule has 1 N–H and O–H groups in total. The van der Waals surface area contributed by atoms with Crippen LogP contribution in [0, 0.1) is 0 Å². The van der Waals surface area contributed by atoms with E-state index in [-0.39, 0.29) is 11.8 Å². The molecule has 7 heteroatoms. The lowest BCUT2D eigenvalue weighted by atomic mass is 10.1. The van der Waals surface area contributed by atoms with E-state index in [1.54, 1.807) is 0 Å². The average molecular weight is 323 g/mol. The third kappa shape index (κ3) is 5.58. The summed E-state index contributed by atoms with van der Waals surface area (Å²) in [7, 11) is 2.15. The molecule has 7 nitrogen and oxygen atoms in total. The monoisotopic (exact) mass is 323 g/mol. The minimum absolute atomic E-state index is 0.0434. The van der Waals surface area contributed by atoms with Gasteiger partial charge in [0, 0.05) is 44.6 Å². The molecule has 1 saturated heterocycles. The summed E-state index contributed by atoms with van der Waals surface area (Å²) >= 11 is 0. The van der Waals surface area contributed by atoms with Crippen LogP contribution in [-0.2, 0) is 11.3 Å². The highest BCUT2D eigenvalue weighted by molar-refractivity contribution is 5.75. The van der Waals surface area contributed by atoms with Crippen LogP contribution < -0.4 is 5.32 Å². The molecular formula is C16H29N5O2. The van der Waals surface area contributed by atoms with Gasteiger partial charge in [-0.2, -0.15) is 4.98 Å². The largest absolute Gasteiger partial charge is 0.349 e. The van der Waals surface area contributed by atoms with Crippen LogP contribution >= 0.6 is 0 Å². The van der Waals surface area contributed by atoms with Crippen LogP contribution in [0.5, 0.6) is 0 Å². The van der Waals surface area contributed by atoms with Crippen LogP contribution in [0.4, 0.5) is 0 Å². The van der Waals surface area contributed by atoms with Gasteiger partial charge in [0.25, 0.3) is 0 Å². The molecule has 0 radical (unpaired) electrons. The van der Waals surface area contributed by atoms with Gasteiger partial charge in [-0.15, -0.1) is 0 Å². The number of nitrogens with zero attached hydrogens (tertiary/aromatic N) is 4. The maximum absolute atomic E-state index is 12.0. The van der Waals surface area contributed by atoms with E-state index in [9.17, 15) is 4.79 Å². The van der Waals surface area contributed by atoms with Gasteiger partial charge in [0.05, 0.1) is 6.54 Å². The van der Waals surface area contributed by atoms with E-state index in [0.717, 1.165) is 32.6 Å². The first kappa shape index (κ1) is 17.9. The van der Waals surface area contributed by atoms with Gasteiger partial charge in [-0.25, -0.2) is 0 Å². The SMILES string of the molecule is CC(C)c1nc(CNC(=O)CCC(C)N2CCN(C)CC2)no1. The van der Waals surface area contributed by atoms with Gasteiger partial charge >= 0.3 is 0 Å². The number of hydrogen-bond acceptors (Lipinski definition) is 6. The van der Waals surface area contributed by atoms with Crippen molar-refractivity contribution in [1.82, 2.24) is 25.3 Å². The van der Waals surface area contributed by atoms with Gasteiger partial charge in [-0.05, 0) is 20.4 Å². The first-order valence-corrected chi connectivity index (χ1v) is 8.47. The maximum Gasteiger partial charge on any atom is 0.229 e. The molecule has 0 saturated carbocycles. The zero-order valence-electron chi connectivity index (χ0n) is 14.7. The van der Waals surface area contributed by atoms with Gasteiger partial charge in [-0.1, -0.05) is 19.0 Å². The summed E-state index contributed by atoms with van der Waals surface area (Å²) in [5.74, 6) is 1.39. The fourth-order valence-electron chi connectivity index (χ4n) is 2.63. The average Bonchev–Trinajstić information content (AvgIpc) is 3.00. The number of likely N-dealkylation sites (N-methyl/N-ethyl adjacent to an activating group) is 1. The molecular weight excluding hydrogens is 294 g/mol. The Bertz CT molecular complexity index is 494. The Balaban J connectivity index is 1.66. The highest BCUT2D eigenvalue weighted by Gasteiger charge is 2.19. The molecule has 23 heavy (non-hydrogen) atoms. The number of aromatic nitrogens is 2. The molecule has 1 atom stereocenters. The van der Waals surface area contributed by atoms with Crippen molar-refractivity contribution in [2.75, 3.05) is 33.2 Å². The summed E-state index contributed by atoms with van der Waals surface area (Å²) in [6.07, 6.45) is 1.40. The van der Waals surface area contributed by atoms with Crippen molar-refractivity contribution in [2.24, 2.45) is 0 Å². The second-order valence-corrected chi connectivity index (χ2v) is 6.71. The van der Waals surface area contributed by atoms with Crippen molar-refractivity contribution in [1.29, 1.82) is 0 Å². The van der Waals surface area contributed by atoms with E-state index < -0.39 is 0 Å². The minimum atomic E-state index is 0.0434. The highest BCUT2D eigenvalue weighted by atomic mass is 16.5. The van der Waals surface area contributed by atoms with Crippen molar-refractivity contribution in [3.8, 4) is 0 Å². The number of nitrogens with one attached hydrogen (secondary N) is 1. The quantitative estimate of drug-likeness (QED) is 0.813. The summed E-state index contributed by atoms with van der Waals surface area (Å²) < 4.78 is 5.12. The molecule has 0 spiro atoms. The van der Waals surface area contributed by atoms with Crippen molar-refractivity contribution in [3.05, 3.63) is 11.7 Å². The van der Waals surface area contributed by atoms with E-state index in [4.69, 9.17) is 4.52 Å². The van der Waals surface area contributed by atoms with E-state index in [1.165, 1.54) is 0 Å². The topological polar surface area (TPSA) is 74.5 Å². The Morgan fingerprint density at radius 2 is 1.96 bits per heavy atom. The second kappa shape index (κ2) is 8.40. The summed E-state index contributed by atoms with van der Waals surface area (Å²) in [5.41, 5.74) is 0. The van der Waals surface area contributed by atoms with Crippen LogP contribution in [-0.4, -0.2) is 65.1 Å². The van der Waals surface area contributed by atoms with Crippen molar-refractivity contribution in [3.63, 3.8) is 0 Å². The highest BCUT2D eigenvalue weighted by Crippen LogP contribution is 2.11. The van der Waals surface area contributed by atoms with Crippen LogP contribution in [0.2, 0.25) is 0 Å². The van der Waals surface area contributed by atoms with E-state index in [2.05, 4.69) is 39.2 Å². The number of piperazine rings is 1. The predicted octanol–water partition coefficient (Wildman–Crippen LogP) is 1.23. The summed E-state index contributed by atoms with van der Waals surface area (Å²) in [6.45, 7) is 10.9. The Morgan fingerprint density at radius 1 is 1.26 bits per heavy atom. The molecule has 1 unspecified atom stereocenters. The summed E-state index contributed by atoms with van der Waals surface area (Å²) in [5, 5.41) is 6.74. The van der Waals surface area contributed by atoms with Crippen LogP contribution in [0.25, 0.3) is 0 Å². The first-order chi connectivity index (χ1) is 11.0. The molecule has 2 heterocycles. The van der Waals surface area contributed by atoms with Gasteiger partial charge in [-0.3, -0.25) is 9.69 Å². The van der Waals surface area contributed by atoms with Crippen molar-refractivity contribution < 1.29 is 9.32 Å². The molecule has 1 aromatic heterocycles. The van der Waals surface area contributed by atoms with Crippen molar-refractivity contribution >= 4 is 5.91 Å². The van der Waals surface area contributed by atoms with Crippen LogP contribution in [0.1, 0.15) is 51.2 Å². The third-order valence-electron chi connectivity index (χ3n) is 4.37. The number of carbonyl (C=O) groups excluding carboxylic acids is 1. The molecule has 0 bridgehead atoms. The Morgan fingerprint density at radius 3 is 2.57 bits per heavy atom. The molecule has 1 fully saturated rings. The molecule has 1 aromatic rings. The number of rotatable bonds is 7. The van der Waals surface area contributed by atoms with Crippen LogP contribution in [0.15, 0.2) is 4.52 Å². The molecule has 1 amide bonds. The summed E-state index contributed by atoms with van der Waals surface area (Å²) in [6, 6.07) is 0.437. The molecule has 130 valence electrons. The number of carbonyl (C=O) groups is 1. The third-order valence-corrected chi connectivity index (χ3v) is 4.37. The standard InChI is InChI=1S/C16H29N5O2/c1-12(2)16-18-14(19-23-16)11-17-15(22)6-5-13(3)21-9-7-20(4)8-10-21/h12-13H,5-11H2,1-4H3,(H,17,22). The van der Waals surface area contributed by atoms with Gasteiger partial charge in [0.15, 0.2) is 5.82 Å². The van der Waals surface area contributed by atoms with E-state index >= 15 is 0 Å². The Hall–Kier alpha value is -1.47. The molecule has 0 aromatic carbocycles. The fraction of sp³-hybridized carbons (Fsp3) is 0.812. The Kier molecular flexibility index (Phi) is 6.53. The van der Waals surface area contributed by atoms with Crippen molar-refractivity contribution in [2.45, 2.75) is 52.1 Å². The predicted molar refractivity (Wildman–Crippen MR) is 88.0 cm³/mol. The molecule has 1 aliphatic rings. The number of hydrogen-bond donors (Lipinski definition) is 1. The van der Waals surface area contributed by atoms with E-state index in [1.807, 2.05) is 13.8 Å². The first-order valence-electron chi connectivity index (χ1n) is 8.47. The van der Waals surface area contributed by atoms with Gasteiger partial charge in [0.1, 0.15) is 0 Å².